The Labute approximate surface area is 130 Å². The largest absolute Gasteiger partial charge is 0.242 e. The summed E-state index contributed by atoms with van der Waals surface area (Å²) in [6.07, 6.45) is 0. The van der Waals surface area contributed by atoms with Crippen molar-refractivity contribution in [1.82, 2.24) is 4.72 Å². The molecule has 1 aromatic heterocycles. The zero-order chi connectivity index (χ0) is 14.9. The molecule has 0 aliphatic heterocycles. The summed E-state index contributed by atoms with van der Waals surface area (Å²) < 4.78 is 41.5. The van der Waals surface area contributed by atoms with Crippen LogP contribution in [0.3, 0.4) is 0 Å². The molecule has 0 aliphatic carbocycles. The van der Waals surface area contributed by atoms with E-state index in [1.165, 1.54) is 17.4 Å². The minimum atomic E-state index is -3.67. The number of hydrogen-bond acceptors (Lipinski definition) is 3. The van der Waals surface area contributed by atoms with Gasteiger partial charge in [-0.2, -0.15) is 0 Å². The summed E-state index contributed by atoms with van der Waals surface area (Å²) in [6, 6.07) is 7.04. The molecular formula is C13H13BrFNO2S2. The van der Waals surface area contributed by atoms with Gasteiger partial charge in [0.25, 0.3) is 0 Å². The predicted octanol–water partition coefficient (Wildman–Crippen LogP) is 4.00. The molecule has 2 aromatic rings. The van der Waals surface area contributed by atoms with Gasteiger partial charge < -0.3 is 0 Å². The Hall–Kier alpha value is -0.760. The molecule has 2 rings (SSSR count). The first-order valence-corrected chi connectivity index (χ1v) is 8.93. The lowest BCUT2D eigenvalue weighted by Crippen LogP contribution is -2.27. The summed E-state index contributed by atoms with van der Waals surface area (Å²) in [5.74, 6) is -0.425. The first-order valence-electron chi connectivity index (χ1n) is 5.84. The van der Waals surface area contributed by atoms with E-state index in [0.29, 0.717) is 10.4 Å². The SMILES string of the molecule is Cc1sc(Br)cc1S(=O)(=O)NC(C)c1ccccc1F. The third-order valence-corrected chi connectivity index (χ3v) is 6.18. The lowest BCUT2D eigenvalue weighted by atomic mass is 10.1. The van der Waals surface area contributed by atoms with Crippen LogP contribution in [0.4, 0.5) is 4.39 Å². The summed E-state index contributed by atoms with van der Waals surface area (Å²) in [5, 5.41) is 0. The van der Waals surface area contributed by atoms with E-state index in [2.05, 4.69) is 20.7 Å². The van der Waals surface area contributed by atoms with Crippen LogP contribution in [0.15, 0.2) is 39.0 Å². The molecule has 0 amide bonds. The second-order valence-corrected chi connectivity index (χ2v) is 8.65. The molecule has 7 heteroatoms. The Morgan fingerprint density at radius 1 is 1.35 bits per heavy atom. The number of thiophene rings is 1. The fourth-order valence-corrected chi connectivity index (χ4v) is 5.52. The Morgan fingerprint density at radius 2 is 2.00 bits per heavy atom. The summed E-state index contributed by atoms with van der Waals surface area (Å²) in [4.78, 5) is 0.905. The van der Waals surface area contributed by atoms with Crippen molar-refractivity contribution in [2.75, 3.05) is 0 Å². The van der Waals surface area contributed by atoms with Crippen molar-refractivity contribution in [3.8, 4) is 0 Å². The van der Waals surface area contributed by atoms with Gasteiger partial charge in [-0.05, 0) is 41.9 Å². The Balaban J connectivity index is 2.29. The van der Waals surface area contributed by atoms with Gasteiger partial charge in [0.15, 0.2) is 0 Å². The zero-order valence-corrected chi connectivity index (χ0v) is 14.1. The van der Waals surface area contributed by atoms with Gasteiger partial charge in [0.05, 0.1) is 8.68 Å². The fourth-order valence-electron chi connectivity index (χ4n) is 1.88. The molecular weight excluding hydrogens is 365 g/mol. The Bertz CT molecular complexity index is 728. The van der Waals surface area contributed by atoms with E-state index in [4.69, 9.17) is 0 Å². The van der Waals surface area contributed by atoms with E-state index in [1.807, 2.05) is 0 Å². The Morgan fingerprint density at radius 3 is 2.55 bits per heavy atom. The number of nitrogens with one attached hydrogen (secondary N) is 1. The minimum Gasteiger partial charge on any atom is -0.207 e. The van der Waals surface area contributed by atoms with Gasteiger partial charge in [0, 0.05) is 16.5 Å². The van der Waals surface area contributed by atoms with Crippen LogP contribution in [0.25, 0.3) is 0 Å². The number of sulfonamides is 1. The van der Waals surface area contributed by atoms with Crippen LogP contribution in [0.1, 0.15) is 23.4 Å². The van der Waals surface area contributed by atoms with Crippen LogP contribution in [0.5, 0.6) is 0 Å². The van der Waals surface area contributed by atoms with Gasteiger partial charge in [-0.25, -0.2) is 17.5 Å². The van der Waals surface area contributed by atoms with Crippen molar-refractivity contribution in [2.45, 2.75) is 24.8 Å². The van der Waals surface area contributed by atoms with Gasteiger partial charge in [-0.1, -0.05) is 18.2 Å². The highest BCUT2D eigenvalue weighted by atomic mass is 79.9. The number of rotatable bonds is 4. The van der Waals surface area contributed by atoms with Gasteiger partial charge in [-0.15, -0.1) is 11.3 Å². The molecule has 0 fully saturated rings. The molecule has 108 valence electrons. The third kappa shape index (κ3) is 3.28. The molecule has 0 spiro atoms. The van der Waals surface area contributed by atoms with Crippen LogP contribution in [0.2, 0.25) is 0 Å². The van der Waals surface area contributed by atoms with E-state index in [1.54, 1.807) is 38.1 Å². The number of benzene rings is 1. The maximum absolute atomic E-state index is 13.7. The summed E-state index contributed by atoms with van der Waals surface area (Å²) >= 11 is 4.61. The molecule has 1 unspecified atom stereocenters. The van der Waals surface area contributed by atoms with E-state index >= 15 is 0 Å². The smallest absolute Gasteiger partial charge is 0.207 e. The zero-order valence-electron chi connectivity index (χ0n) is 10.9. The standard InChI is InChI=1S/C13H13BrFNO2S2/c1-8(10-5-3-4-6-11(10)15)16-20(17,18)12-7-13(14)19-9(12)2/h3-8,16H,1-2H3. The third-order valence-electron chi connectivity index (χ3n) is 2.84. The molecule has 1 N–H and O–H groups in total. The maximum atomic E-state index is 13.7. The molecule has 0 aliphatic rings. The lowest BCUT2D eigenvalue weighted by Gasteiger charge is -2.15. The van der Waals surface area contributed by atoms with E-state index in [9.17, 15) is 12.8 Å². The second kappa shape index (κ2) is 5.93. The fraction of sp³-hybridized carbons (Fsp3) is 0.231. The van der Waals surface area contributed by atoms with Gasteiger partial charge >= 0.3 is 0 Å². The number of halogens is 2. The lowest BCUT2D eigenvalue weighted by molar-refractivity contribution is 0.550. The van der Waals surface area contributed by atoms with Crippen molar-refractivity contribution in [3.05, 3.63) is 50.4 Å². The maximum Gasteiger partial charge on any atom is 0.242 e. The minimum absolute atomic E-state index is 0.220. The number of aryl methyl sites for hydroxylation is 1. The Kier molecular flexibility index (Phi) is 4.63. The van der Waals surface area contributed by atoms with Gasteiger partial charge in [0.1, 0.15) is 5.82 Å². The monoisotopic (exact) mass is 377 g/mol. The highest BCUT2D eigenvalue weighted by molar-refractivity contribution is 9.11. The van der Waals surface area contributed by atoms with Gasteiger partial charge in [-0.3, -0.25) is 0 Å². The summed E-state index contributed by atoms with van der Waals surface area (Å²) in [6.45, 7) is 3.35. The summed E-state index contributed by atoms with van der Waals surface area (Å²) in [7, 11) is -3.67. The highest BCUT2D eigenvalue weighted by Gasteiger charge is 2.23. The molecule has 3 nitrogen and oxygen atoms in total. The van der Waals surface area contributed by atoms with Crippen LogP contribution < -0.4 is 4.72 Å². The first kappa shape index (κ1) is 15.6. The van der Waals surface area contributed by atoms with E-state index in [-0.39, 0.29) is 4.90 Å². The molecule has 0 saturated carbocycles. The van der Waals surface area contributed by atoms with Crippen molar-refractivity contribution in [1.29, 1.82) is 0 Å². The first-order chi connectivity index (χ1) is 9.31. The average molecular weight is 378 g/mol. The molecule has 0 radical (unpaired) electrons. The normalized spacial score (nSPS) is 13.4. The quantitative estimate of drug-likeness (QED) is 0.874. The van der Waals surface area contributed by atoms with E-state index < -0.39 is 21.9 Å². The van der Waals surface area contributed by atoms with Crippen LogP contribution >= 0.6 is 27.3 Å². The molecule has 0 bridgehead atoms. The average Bonchev–Trinajstić information content (AvgIpc) is 2.69. The summed E-state index contributed by atoms with van der Waals surface area (Å²) in [5.41, 5.74) is 0.322. The second-order valence-electron chi connectivity index (χ2n) is 4.34. The van der Waals surface area contributed by atoms with Crippen LogP contribution in [-0.2, 0) is 10.0 Å². The molecule has 1 heterocycles. The number of hydrogen-bond donors (Lipinski definition) is 1. The molecule has 0 saturated heterocycles. The van der Waals surface area contributed by atoms with Crippen molar-refractivity contribution in [3.63, 3.8) is 0 Å². The van der Waals surface area contributed by atoms with Crippen LogP contribution in [0, 0.1) is 12.7 Å². The predicted molar refractivity (Wildman–Crippen MR) is 81.9 cm³/mol. The van der Waals surface area contributed by atoms with Crippen LogP contribution in [-0.4, -0.2) is 8.42 Å². The molecule has 1 atom stereocenters. The van der Waals surface area contributed by atoms with Crippen molar-refractivity contribution < 1.29 is 12.8 Å². The highest BCUT2D eigenvalue weighted by Crippen LogP contribution is 2.30. The van der Waals surface area contributed by atoms with Crippen molar-refractivity contribution >= 4 is 37.3 Å². The van der Waals surface area contributed by atoms with Crippen molar-refractivity contribution in [2.24, 2.45) is 0 Å². The topological polar surface area (TPSA) is 46.2 Å². The van der Waals surface area contributed by atoms with Gasteiger partial charge in [0.2, 0.25) is 10.0 Å². The van der Waals surface area contributed by atoms with E-state index in [0.717, 1.165) is 3.79 Å². The molecule has 1 aromatic carbocycles. The molecule has 20 heavy (non-hydrogen) atoms.